The summed E-state index contributed by atoms with van der Waals surface area (Å²) in [5.74, 6) is 0.547. The van der Waals surface area contributed by atoms with Crippen LogP contribution in [0, 0.1) is 5.92 Å². The number of H-pyrrole nitrogens is 1. The molecule has 3 aromatic heterocycles. The second-order valence-electron chi connectivity index (χ2n) is 6.19. The molecule has 1 saturated carbocycles. The van der Waals surface area contributed by atoms with Gasteiger partial charge in [-0.15, -0.1) is 0 Å². The van der Waals surface area contributed by atoms with E-state index in [-0.39, 0.29) is 6.04 Å². The number of aromatic nitrogens is 5. The molecule has 0 aliphatic heterocycles. The first kappa shape index (κ1) is 14.1. The van der Waals surface area contributed by atoms with Gasteiger partial charge in [0.15, 0.2) is 0 Å². The molecule has 0 amide bonds. The van der Waals surface area contributed by atoms with Crippen LogP contribution in [0.2, 0.25) is 0 Å². The van der Waals surface area contributed by atoms with Crippen LogP contribution in [-0.2, 0) is 4.79 Å². The fourth-order valence-electron chi connectivity index (χ4n) is 3.70. The molecule has 1 N–H and O–H groups in total. The molecule has 1 aliphatic rings. The lowest BCUT2D eigenvalue weighted by Crippen LogP contribution is -2.18. The zero-order valence-electron chi connectivity index (χ0n) is 12.9. The second-order valence-corrected chi connectivity index (χ2v) is 6.19. The smallest absolute Gasteiger partial charge is 0.141 e. The highest BCUT2D eigenvalue weighted by Gasteiger charge is 2.27. The molecule has 4 rings (SSSR count). The van der Waals surface area contributed by atoms with Crippen LogP contribution in [0.3, 0.4) is 0 Å². The number of hydrogen-bond donors (Lipinski definition) is 1. The minimum Gasteiger partial charge on any atom is -0.346 e. The molecule has 1 fully saturated rings. The fourth-order valence-corrected chi connectivity index (χ4v) is 3.70. The number of carbonyl (C=O) groups is 1. The summed E-state index contributed by atoms with van der Waals surface area (Å²) >= 11 is 0. The van der Waals surface area contributed by atoms with Crippen LogP contribution < -0.4 is 0 Å². The van der Waals surface area contributed by atoms with Crippen molar-refractivity contribution < 1.29 is 4.79 Å². The van der Waals surface area contributed by atoms with Gasteiger partial charge in [-0.25, -0.2) is 9.97 Å². The normalized spacial score (nSPS) is 16.9. The Bertz CT molecular complexity index is 815. The molecule has 1 atom stereocenters. The van der Waals surface area contributed by atoms with E-state index in [2.05, 4.69) is 20.1 Å². The van der Waals surface area contributed by atoms with Gasteiger partial charge in [0, 0.05) is 29.8 Å². The number of rotatable bonds is 5. The number of nitrogens with zero attached hydrogens (tertiary/aromatic N) is 4. The monoisotopic (exact) mass is 309 g/mol. The summed E-state index contributed by atoms with van der Waals surface area (Å²) in [4.78, 5) is 22.8. The van der Waals surface area contributed by atoms with Crippen molar-refractivity contribution in [2.45, 2.75) is 38.1 Å². The van der Waals surface area contributed by atoms with Crippen molar-refractivity contribution in [3.05, 3.63) is 31.0 Å². The van der Waals surface area contributed by atoms with Gasteiger partial charge < -0.3 is 9.78 Å². The average Bonchev–Trinajstić information content (AvgIpc) is 3.32. The van der Waals surface area contributed by atoms with Gasteiger partial charge in [-0.3, -0.25) is 4.68 Å². The maximum absolute atomic E-state index is 11.1. The molecule has 0 bridgehead atoms. The van der Waals surface area contributed by atoms with Gasteiger partial charge >= 0.3 is 0 Å². The van der Waals surface area contributed by atoms with Crippen LogP contribution in [0.1, 0.15) is 38.1 Å². The van der Waals surface area contributed by atoms with E-state index >= 15 is 0 Å². The van der Waals surface area contributed by atoms with Crippen molar-refractivity contribution in [1.82, 2.24) is 24.7 Å². The van der Waals surface area contributed by atoms with Crippen LogP contribution in [0.4, 0.5) is 0 Å². The third kappa shape index (κ3) is 2.54. The van der Waals surface area contributed by atoms with Crippen molar-refractivity contribution >= 4 is 17.3 Å². The summed E-state index contributed by atoms with van der Waals surface area (Å²) < 4.78 is 1.96. The lowest BCUT2D eigenvalue weighted by molar-refractivity contribution is -0.108. The molecule has 3 aromatic rings. The van der Waals surface area contributed by atoms with Gasteiger partial charge in [0.05, 0.1) is 17.9 Å². The Morgan fingerprint density at radius 3 is 3.04 bits per heavy atom. The maximum Gasteiger partial charge on any atom is 0.141 e. The van der Waals surface area contributed by atoms with Gasteiger partial charge in [0.25, 0.3) is 0 Å². The summed E-state index contributed by atoms with van der Waals surface area (Å²) in [7, 11) is 0. The Morgan fingerprint density at radius 2 is 2.22 bits per heavy atom. The molecule has 0 saturated heterocycles. The molecule has 0 radical (unpaired) electrons. The Labute approximate surface area is 134 Å². The van der Waals surface area contributed by atoms with Crippen LogP contribution in [0.5, 0.6) is 0 Å². The van der Waals surface area contributed by atoms with Gasteiger partial charge in [-0.1, -0.05) is 12.8 Å². The summed E-state index contributed by atoms with van der Waals surface area (Å²) in [6.07, 6.45) is 13.7. The van der Waals surface area contributed by atoms with Gasteiger partial charge in [0.2, 0.25) is 0 Å². The fraction of sp³-hybridized carbons (Fsp3) is 0.412. The standard InChI is InChI=1S/C17H19N5O/c23-8-6-15(12-3-1-2-4-12)22-10-13(9-21-22)16-14-5-7-18-17(14)20-11-19-16/h5,7-12,15H,1-4,6H2,(H,18,19,20). The third-order valence-electron chi connectivity index (χ3n) is 4.85. The van der Waals surface area contributed by atoms with Crippen molar-refractivity contribution in [2.24, 2.45) is 5.92 Å². The molecule has 6 heteroatoms. The molecular formula is C17H19N5O. The molecular weight excluding hydrogens is 290 g/mol. The first-order valence-electron chi connectivity index (χ1n) is 8.13. The molecule has 1 unspecified atom stereocenters. The largest absolute Gasteiger partial charge is 0.346 e. The van der Waals surface area contributed by atoms with Gasteiger partial charge in [-0.05, 0) is 24.8 Å². The molecule has 6 nitrogen and oxygen atoms in total. The highest BCUT2D eigenvalue weighted by Crippen LogP contribution is 2.36. The van der Waals surface area contributed by atoms with Crippen molar-refractivity contribution in [3.63, 3.8) is 0 Å². The molecule has 23 heavy (non-hydrogen) atoms. The zero-order valence-corrected chi connectivity index (χ0v) is 12.9. The van der Waals surface area contributed by atoms with Crippen LogP contribution in [0.25, 0.3) is 22.3 Å². The lowest BCUT2D eigenvalue weighted by atomic mass is 9.96. The highest BCUT2D eigenvalue weighted by atomic mass is 16.1. The minimum absolute atomic E-state index is 0.160. The quantitative estimate of drug-likeness (QED) is 0.735. The van der Waals surface area contributed by atoms with E-state index in [0.717, 1.165) is 28.6 Å². The van der Waals surface area contributed by atoms with E-state index in [1.807, 2.05) is 29.3 Å². The van der Waals surface area contributed by atoms with E-state index in [0.29, 0.717) is 12.3 Å². The van der Waals surface area contributed by atoms with Crippen LogP contribution >= 0.6 is 0 Å². The number of aldehydes is 1. The van der Waals surface area contributed by atoms with E-state index < -0.39 is 0 Å². The molecule has 0 spiro atoms. The van der Waals surface area contributed by atoms with E-state index in [1.54, 1.807) is 6.33 Å². The number of aromatic amines is 1. The Kier molecular flexibility index (Phi) is 3.65. The lowest BCUT2D eigenvalue weighted by Gasteiger charge is -2.21. The van der Waals surface area contributed by atoms with Crippen molar-refractivity contribution in [3.8, 4) is 11.3 Å². The third-order valence-corrected chi connectivity index (χ3v) is 4.85. The van der Waals surface area contributed by atoms with Crippen LogP contribution in [-0.4, -0.2) is 31.0 Å². The summed E-state index contributed by atoms with van der Waals surface area (Å²) in [6, 6.07) is 2.13. The Balaban J connectivity index is 1.70. The summed E-state index contributed by atoms with van der Waals surface area (Å²) in [5, 5.41) is 5.52. The average molecular weight is 309 g/mol. The predicted octanol–water partition coefficient (Wildman–Crippen LogP) is 3.14. The molecule has 118 valence electrons. The van der Waals surface area contributed by atoms with Crippen molar-refractivity contribution in [2.75, 3.05) is 0 Å². The number of hydrogen-bond acceptors (Lipinski definition) is 4. The first-order valence-corrected chi connectivity index (χ1v) is 8.13. The van der Waals surface area contributed by atoms with E-state index in [9.17, 15) is 4.79 Å². The molecule has 0 aromatic carbocycles. The summed E-state index contributed by atoms with van der Waals surface area (Å²) in [5.41, 5.74) is 2.66. The minimum atomic E-state index is 0.160. The van der Waals surface area contributed by atoms with Crippen molar-refractivity contribution in [1.29, 1.82) is 0 Å². The Morgan fingerprint density at radius 1 is 1.35 bits per heavy atom. The topological polar surface area (TPSA) is 76.5 Å². The molecule has 1 aliphatic carbocycles. The number of nitrogens with one attached hydrogen (secondary N) is 1. The second kappa shape index (κ2) is 5.95. The van der Waals surface area contributed by atoms with E-state index in [4.69, 9.17) is 0 Å². The maximum atomic E-state index is 11.1. The zero-order chi connectivity index (χ0) is 15.6. The molecule has 3 heterocycles. The Hall–Kier alpha value is -2.50. The van der Waals surface area contributed by atoms with Crippen LogP contribution in [0.15, 0.2) is 31.0 Å². The summed E-state index contributed by atoms with van der Waals surface area (Å²) in [6.45, 7) is 0. The number of fused-ring (bicyclic) bond motifs is 1. The predicted molar refractivity (Wildman–Crippen MR) is 86.8 cm³/mol. The highest BCUT2D eigenvalue weighted by molar-refractivity contribution is 5.89. The van der Waals surface area contributed by atoms with Gasteiger partial charge in [-0.2, -0.15) is 5.10 Å². The number of carbonyl (C=O) groups excluding carboxylic acids is 1. The van der Waals surface area contributed by atoms with E-state index in [1.165, 1.54) is 25.7 Å². The van der Waals surface area contributed by atoms with Gasteiger partial charge in [0.1, 0.15) is 18.3 Å². The SMILES string of the molecule is O=CCC(C1CCCC1)n1cc(-c2ncnc3[nH]ccc23)cn1. The first-order chi connectivity index (χ1) is 11.4.